The summed E-state index contributed by atoms with van der Waals surface area (Å²) in [6.45, 7) is -0.141. The van der Waals surface area contributed by atoms with Gasteiger partial charge in [-0.1, -0.05) is 60.7 Å². The van der Waals surface area contributed by atoms with Crippen LogP contribution >= 0.6 is 0 Å². The van der Waals surface area contributed by atoms with Crippen molar-refractivity contribution in [2.45, 2.75) is 38.0 Å². The number of aliphatic carboxylic acids is 1. The average Bonchev–Trinajstić information content (AvgIpc) is 2.76. The lowest BCUT2D eigenvalue weighted by Crippen LogP contribution is -2.52. The number of carboxylic acids is 1. The highest BCUT2D eigenvalue weighted by Gasteiger charge is 2.27. The van der Waals surface area contributed by atoms with Gasteiger partial charge in [0.15, 0.2) is 0 Å². The van der Waals surface area contributed by atoms with Gasteiger partial charge in [0.2, 0.25) is 5.91 Å². The van der Waals surface area contributed by atoms with Gasteiger partial charge in [-0.25, -0.2) is 9.59 Å². The molecule has 0 spiro atoms. The fraction of sp³-hybridized carbons (Fsp3) is 0.318. The van der Waals surface area contributed by atoms with Gasteiger partial charge in [-0.3, -0.25) is 4.79 Å². The largest absolute Gasteiger partial charge is 0.480 e. The minimum absolute atomic E-state index is 0.0423. The number of carbonyl (C=O) groups excluding carboxylic acids is 2. The summed E-state index contributed by atoms with van der Waals surface area (Å²) >= 11 is 0. The minimum Gasteiger partial charge on any atom is -0.480 e. The number of alkyl carbamates (subject to hydrolysis) is 1. The lowest BCUT2D eigenvalue weighted by Gasteiger charge is -2.21. The monoisotopic (exact) mass is 414 g/mol. The lowest BCUT2D eigenvalue weighted by molar-refractivity contribution is -0.142. The fourth-order valence-corrected chi connectivity index (χ4v) is 2.79. The summed E-state index contributed by atoms with van der Waals surface area (Å²) < 4.78 is 5.18. The third-order valence-electron chi connectivity index (χ3n) is 4.37. The van der Waals surface area contributed by atoms with Gasteiger partial charge in [-0.15, -0.1) is 0 Å². The molecule has 30 heavy (non-hydrogen) atoms. The fourth-order valence-electron chi connectivity index (χ4n) is 2.79. The Morgan fingerprint density at radius 3 is 2.03 bits per heavy atom. The Morgan fingerprint density at radius 2 is 1.47 bits per heavy atom. The quantitative estimate of drug-likeness (QED) is 0.445. The normalized spacial score (nSPS) is 12.4. The van der Waals surface area contributed by atoms with Crippen LogP contribution in [0.1, 0.15) is 24.0 Å². The number of amides is 2. The second-order valence-corrected chi connectivity index (χ2v) is 6.71. The molecule has 160 valence electrons. The maximum absolute atomic E-state index is 12.7. The van der Waals surface area contributed by atoms with Crippen molar-refractivity contribution in [1.29, 1.82) is 0 Å². The minimum atomic E-state index is -1.21. The van der Waals surface area contributed by atoms with Crippen LogP contribution < -0.4 is 10.6 Å². The van der Waals surface area contributed by atoms with Crippen LogP contribution in [0.3, 0.4) is 0 Å². The number of aliphatic hydroxyl groups excluding tert-OH is 1. The number of nitrogens with one attached hydrogen (secondary N) is 2. The number of hydrogen-bond donors (Lipinski definition) is 4. The summed E-state index contributed by atoms with van der Waals surface area (Å²) in [5.74, 6) is -1.84. The van der Waals surface area contributed by atoms with Gasteiger partial charge in [0, 0.05) is 13.0 Å². The molecule has 0 fully saturated rings. The Hall–Kier alpha value is -3.39. The van der Waals surface area contributed by atoms with Crippen LogP contribution in [0.15, 0.2) is 60.7 Å². The van der Waals surface area contributed by atoms with Crippen LogP contribution in [-0.2, 0) is 27.4 Å². The molecule has 0 aromatic heterocycles. The zero-order chi connectivity index (χ0) is 21.8. The lowest BCUT2D eigenvalue weighted by atomic mass is 10.0. The first kappa shape index (κ1) is 22.9. The topological polar surface area (TPSA) is 125 Å². The summed E-state index contributed by atoms with van der Waals surface area (Å²) in [6, 6.07) is 16.0. The van der Waals surface area contributed by atoms with Gasteiger partial charge in [0.1, 0.15) is 18.7 Å². The Balaban J connectivity index is 2.04. The van der Waals surface area contributed by atoms with Gasteiger partial charge < -0.3 is 25.6 Å². The Morgan fingerprint density at radius 1 is 0.867 bits per heavy atom. The van der Waals surface area contributed by atoms with Crippen LogP contribution in [-0.4, -0.2) is 46.9 Å². The van der Waals surface area contributed by atoms with E-state index in [1.807, 2.05) is 24.3 Å². The van der Waals surface area contributed by atoms with E-state index in [0.717, 1.165) is 11.1 Å². The van der Waals surface area contributed by atoms with Crippen molar-refractivity contribution in [3.8, 4) is 0 Å². The van der Waals surface area contributed by atoms with Crippen LogP contribution in [0, 0.1) is 0 Å². The maximum atomic E-state index is 12.7. The number of carbonyl (C=O) groups is 3. The smallest absolute Gasteiger partial charge is 0.408 e. The molecule has 2 amide bonds. The second-order valence-electron chi connectivity index (χ2n) is 6.71. The summed E-state index contributed by atoms with van der Waals surface area (Å²) in [5.41, 5.74) is 1.59. The van der Waals surface area contributed by atoms with Crippen molar-refractivity contribution in [3.63, 3.8) is 0 Å². The number of benzene rings is 2. The first-order valence-corrected chi connectivity index (χ1v) is 9.64. The average molecular weight is 414 g/mol. The molecule has 8 heteroatoms. The molecule has 0 aliphatic carbocycles. The van der Waals surface area contributed by atoms with Crippen molar-refractivity contribution in [2.75, 3.05) is 6.61 Å². The number of ether oxygens (including phenoxy) is 1. The van der Waals surface area contributed by atoms with Crippen LogP contribution in [0.25, 0.3) is 0 Å². The zero-order valence-electron chi connectivity index (χ0n) is 16.5. The molecule has 0 saturated carbocycles. The third-order valence-corrected chi connectivity index (χ3v) is 4.37. The summed E-state index contributed by atoms with van der Waals surface area (Å²) in [7, 11) is 0. The van der Waals surface area contributed by atoms with Crippen molar-refractivity contribution in [1.82, 2.24) is 10.6 Å². The van der Waals surface area contributed by atoms with Crippen molar-refractivity contribution >= 4 is 18.0 Å². The van der Waals surface area contributed by atoms with Gasteiger partial charge in [0.05, 0.1) is 0 Å². The molecular weight excluding hydrogens is 388 g/mol. The number of hydrogen-bond acceptors (Lipinski definition) is 5. The van der Waals surface area contributed by atoms with Crippen molar-refractivity contribution < 1.29 is 29.3 Å². The molecule has 0 unspecified atom stereocenters. The van der Waals surface area contributed by atoms with Gasteiger partial charge in [0.25, 0.3) is 0 Å². The van der Waals surface area contributed by atoms with Gasteiger partial charge >= 0.3 is 12.1 Å². The molecule has 2 aromatic carbocycles. The molecular formula is C22H26N2O6. The standard InChI is InChI=1S/C22H26N2O6/c25-13-7-12-18(21(27)28)23-20(26)19(14-16-8-3-1-4-9-16)24-22(29)30-15-17-10-5-2-6-11-17/h1-6,8-11,18-19,25H,7,12-15H2,(H,23,26)(H,24,29)(H,27,28)/t18-,19-/m0/s1. The predicted molar refractivity (Wildman–Crippen MR) is 110 cm³/mol. The van der Waals surface area contributed by atoms with E-state index in [9.17, 15) is 19.5 Å². The predicted octanol–water partition coefficient (Wildman–Crippen LogP) is 1.87. The molecule has 0 heterocycles. The van der Waals surface area contributed by atoms with E-state index in [1.54, 1.807) is 36.4 Å². The SMILES string of the molecule is O=C(N[C@@H](Cc1ccccc1)C(=O)N[C@@H](CCCO)C(=O)O)OCc1ccccc1. The molecule has 0 saturated heterocycles. The number of carboxylic acid groups (broad SMARTS) is 1. The molecule has 2 atom stereocenters. The van der Waals surface area contributed by atoms with E-state index in [2.05, 4.69) is 10.6 Å². The summed E-state index contributed by atoms with van der Waals surface area (Å²) in [6.07, 6.45) is -0.308. The molecule has 4 N–H and O–H groups in total. The Labute approximate surface area is 174 Å². The van der Waals surface area contributed by atoms with E-state index in [-0.39, 0.29) is 32.5 Å². The first-order chi connectivity index (χ1) is 14.5. The highest BCUT2D eigenvalue weighted by molar-refractivity contribution is 5.89. The number of rotatable bonds is 11. The Bertz CT molecular complexity index is 813. The summed E-state index contributed by atoms with van der Waals surface area (Å²) in [5, 5.41) is 23.2. The molecule has 0 aliphatic heterocycles. The Kier molecular flexibility index (Phi) is 9.33. The number of aliphatic hydroxyl groups is 1. The van der Waals surface area contributed by atoms with E-state index in [0.29, 0.717) is 0 Å². The van der Waals surface area contributed by atoms with E-state index in [1.165, 1.54) is 0 Å². The molecule has 0 radical (unpaired) electrons. The van der Waals surface area contributed by atoms with E-state index < -0.39 is 30.1 Å². The first-order valence-electron chi connectivity index (χ1n) is 9.64. The van der Waals surface area contributed by atoms with E-state index >= 15 is 0 Å². The highest BCUT2D eigenvalue weighted by Crippen LogP contribution is 2.07. The molecule has 0 bridgehead atoms. The van der Waals surface area contributed by atoms with Crippen molar-refractivity contribution in [2.24, 2.45) is 0 Å². The zero-order valence-corrected chi connectivity index (χ0v) is 16.5. The molecule has 8 nitrogen and oxygen atoms in total. The molecule has 0 aliphatic rings. The third kappa shape index (κ3) is 7.92. The van der Waals surface area contributed by atoms with E-state index in [4.69, 9.17) is 9.84 Å². The highest BCUT2D eigenvalue weighted by atomic mass is 16.5. The van der Waals surface area contributed by atoms with Crippen LogP contribution in [0.5, 0.6) is 0 Å². The second kappa shape index (κ2) is 12.2. The maximum Gasteiger partial charge on any atom is 0.408 e. The van der Waals surface area contributed by atoms with Crippen molar-refractivity contribution in [3.05, 3.63) is 71.8 Å². The van der Waals surface area contributed by atoms with Crippen LogP contribution in [0.4, 0.5) is 4.79 Å². The van der Waals surface area contributed by atoms with Crippen LogP contribution in [0.2, 0.25) is 0 Å². The molecule has 2 aromatic rings. The van der Waals surface area contributed by atoms with Gasteiger partial charge in [-0.2, -0.15) is 0 Å². The molecule has 2 rings (SSSR count). The summed E-state index contributed by atoms with van der Waals surface area (Å²) in [4.78, 5) is 36.4. The van der Waals surface area contributed by atoms with Gasteiger partial charge in [-0.05, 0) is 24.0 Å².